The molecular weight excluding hydrogens is 278 g/mol. The molecule has 1 aromatic carbocycles. The highest BCUT2D eigenvalue weighted by Gasteiger charge is 2.22. The predicted octanol–water partition coefficient (Wildman–Crippen LogP) is 2.45. The van der Waals surface area contributed by atoms with Gasteiger partial charge in [0, 0.05) is 24.4 Å². The summed E-state index contributed by atoms with van der Waals surface area (Å²) in [6.45, 7) is 2.80. The van der Waals surface area contributed by atoms with Crippen LogP contribution in [0.4, 0.5) is 11.4 Å². The maximum atomic E-state index is 10.7. The number of rotatable bonds is 4. The Morgan fingerprint density at radius 1 is 1.60 bits per heavy atom. The Morgan fingerprint density at radius 3 is 3.05 bits per heavy atom. The zero-order valence-electron chi connectivity index (χ0n) is 11.2. The first kappa shape index (κ1) is 14.7. The number of nitrogens with one attached hydrogen (secondary N) is 2. The zero-order chi connectivity index (χ0) is 14.5. The van der Waals surface area contributed by atoms with Gasteiger partial charge in [0.1, 0.15) is 0 Å². The van der Waals surface area contributed by atoms with Crippen molar-refractivity contribution in [1.29, 1.82) is 0 Å². The van der Waals surface area contributed by atoms with E-state index in [1.807, 2.05) is 6.92 Å². The van der Waals surface area contributed by atoms with Crippen molar-refractivity contribution in [1.82, 2.24) is 5.32 Å². The molecule has 7 heteroatoms. The van der Waals surface area contributed by atoms with Crippen LogP contribution in [-0.2, 0) is 4.74 Å². The largest absolute Gasteiger partial charge is 0.376 e. The van der Waals surface area contributed by atoms with Crippen LogP contribution in [0.2, 0.25) is 0 Å². The molecule has 0 amide bonds. The molecule has 0 bridgehead atoms. The van der Waals surface area contributed by atoms with Crippen molar-refractivity contribution < 1.29 is 9.66 Å². The maximum Gasteiger partial charge on any atom is 0.271 e. The van der Waals surface area contributed by atoms with E-state index in [0.29, 0.717) is 10.8 Å². The van der Waals surface area contributed by atoms with E-state index in [1.54, 1.807) is 12.1 Å². The lowest BCUT2D eigenvalue weighted by molar-refractivity contribution is -0.384. The first-order valence-electron chi connectivity index (χ1n) is 6.50. The van der Waals surface area contributed by atoms with E-state index in [1.165, 1.54) is 12.1 Å². The molecule has 2 unspecified atom stereocenters. The maximum absolute atomic E-state index is 10.7. The molecule has 0 aromatic heterocycles. The normalized spacial score (nSPS) is 19.4. The lowest BCUT2D eigenvalue weighted by Crippen LogP contribution is -2.42. The lowest BCUT2D eigenvalue weighted by atomic mass is 10.1. The smallest absolute Gasteiger partial charge is 0.271 e. The second-order valence-corrected chi connectivity index (χ2v) is 5.15. The summed E-state index contributed by atoms with van der Waals surface area (Å²) < 4.78 is 5.58. The van der Waals surface area contributed by atoms with Gasteiger partial charge in [-0.25, -0.2) is 0 Å². The van der Waals surface area contributed by atoms with Crippen LogP contribution in [0.5, 0.6) is 0 Å². The number of non-ortho nitro benzene ring substituents is 1. The standard InChI is InChI=1S/C13H17N3O3S/c1-9(12-6-3-7-19-12)14-13(20)15-10-4-2-5-11(8-10)16(17)18/h2,4-5,8-9,12H,3,6-7H2,1H3,(H2,14,15,20). The highest BCUT2D eigenvalue weighted by atomic mass is 32.1. The molecule has 1 aliphatic heterocycles. The van der Waals surface area contributed by atoms with E-state index in [9.17, 15) is 10.1 Å². The molecule has 1 aliphatic rings. The molecule has 1 aromatic rings. The minimum absolute atomic E-state index is 0.0324. The Bertz CT molecular complexity index is 503. The lowest BCUT2D eigenvalue weighted by Gasteiger charge is -2.21. The first-order valence-corrected chi connectivity index (χ1v) is 6.90. The number of benzene rings is 1. The molecule has 1 heterocycles. The summed E-state index contributed by atoms with van der Waals surface area (Å²) in [6.07, 6.45) is 2.26. The summed E-state index contributed by atoms with van der Waals surface area (Å²) in [5.41, 5.74) is 0.626. The third-order valence-electron chi connectivity index (χ3n) is 3.20. The van der Waals surface area contributed by atoms with Crippen LogP contribution >= 0.6 is 12.2 Å². The number of hydrogen-bond acceptors (Lipinski definition) is 4. The van der Waals surface area contributed by atoms with Gasteiger partial charge in [-0.15, -0.1) is 0 Å². The van der Waals surface area contributed by atoms with Gasteiger partial charge in [0.15, 0.2) is 5.11 Å². The van der Waals surface area contributed by atoms with Gasteiger partial charge < -0.3 is 15.4 Å². The summed E-state index contributed by atoms with van der Waals surface area (Å²) >= 11 is 5.21. The quantitative estimate of drug-likeness (QED) is 0.505. The number of anilines is 1. The summed E-state index contributed by atoms with van der Waals surface area (Å²) in [6, 6.07) is 6.35. The van der Waals surface area contributed by atoms with Gasteiger partial charge in [-0.05, 0) is 38.0 Å². The van der Waals surface area contributed by atoms with Gasteiger partial charge in [-0.2, -0.15) is 0 Å². The zero-order valence-corrected chi connectivity index (χ0v) is 12.0. The summed E-state index contributed by atoms with van der Waals surface area (Å²) in [5, 5.41) is 17.2. The molecule has 2 N–H and O–H groups in total. The molecule has 1 saturated heterocycles. The third kappa shape index (κ3) is 3.88. The number of nitrogens with zero attached hydrogens (tertiary/aromatic N) is 1. The fraction of sp³-hybridized carbons (Fsp3) is 0.462. The second kappa shape index (κ2) is 6.62. The van der Waals surface area contributed by atoms with Crippen molar-refractivity contribution in [2.24, 2.45) is 0 Å². The van der Waals surface area contributed by atoms with Gasteiger partial charge in [-0.3, -0.25) is 10.1 Å². The molecule has 6 nitrogen and oxygen atoms in total. The molecule has 0 saturated carbocycles. The minimum atomic E-state index is -0.434. The van der Waals surface area contributed by atoms with Crippen molar-refractivity contribution in [3.63, 3.8) is 0 Å². The van der Waals surface area contributed by atoms with Crippen molar-refractivity contribution in [2.75, 3.05) is 11.9 Å². The summed E-state index contributed by atoms with van der Waals surface area (Å²) in [5.74, 6) is 0. The molecule has 108 valence electrons. The summed E-state index contributed by atoms with van der Waals surface area (Å²) in [7, 11) is 0. The molecule has 2 atom stereocenters. The van der Waals surface area contributed by atoms with Gasteiger partial charge in [0.2, 0.25) is 0 Å². The highest BCUT2D eigenvalue weighted by molar-refractivity contribution is 7.80. The van der Waals surface area contributed by atoms with Crippen molar-refractivity contribution >= 4 is 28.7 Å². The molecule has 0 radical (unpaired) electrons. The average molecular weight is 295 g/mol. The van der Waals surface area contributed by atoms with Gasteiger partial charge >= 0.3 is 0 Å². The fourth-order valence-corrected chi connectivity index (χ4v) is 2.46. The van der Waals surface area contributed by atoms with Gasteiger partial charge in [0.25, 0.3) is 5.69 Å². The van der Waals surface area contributed by atoms with Crippen molar-refractivity contribution in [3.8, 4) is 0 Å². The van der Waals surface area contributed by atoms with Gasteiger partial charge in [-0.1, -0.05) is 6.07 Å². The topological polar surface area (TPSA) is 76.4 Å². The van der Waals surface area contributed by atoms with E-state index in [2.05, 4.69) is 10.6 Å². The number of thiocarbonyl (C=S) groups is 1. The van der Waals surface area contributed by atoms with Crippen LogP contribution in [0.25, 0.3) is 0 Å². The van der Waals surface area contributed by atoms with E-state index >= 15 is 0 Å². The number of ether oxygens (including phenoxy) is 1. The Balaban J connectivity index is 1.90. The molecule has 1 fully saturated rings. The van der Waals surface area contributed by atoms with Crippen LogP contribution in [0.3, 0.4) is 0 Å². The molecule has 0 aliphatic carbocycles. The van der Waals surface area contributed by atoms with Crippen molar-refractivity contribution in [2.45, 2.75) is 31.9 Å². The number of nitro groups is 1. The Morgan fingerprint density at radius 2 is 2.40 bits per heavy atom. The molecular formula is C13H17N3O3S. The Labute approximate surface area is 122 Å². The van der Waals surface area contributed by atoms with Crippen LogP contribution < -0.4 is 10.6 Å². The molecule has 20 heavy (non-hydrogen) atoms. The van der Waals surface area contributed by atoms with Crippen LogP contribution in [0, 0.1) is 10.1 Å². The minimum Gasteiger partial charge on any atom is -0.376 e. The van der Waals surface area contributed by atoms with E-state index in [4.69, 9.17) is 17.0 Å². The van der Waals surface area contributed by atoms with Gasteiger partial charge in [0.05, 0.1) is 17.1 Å². The predicted molar refractivity (Wildman–Crippen MR) is 80.9 cm³/mol. The van der Waals surface area contributed by atoms with E-state index in [0.717, 1.165) is 19.4 Å². The first-order chi connectivity index (χ1) is 9.56. The monoisotopic (exact) mass is 295 g/mol. The van der Waals surface area contributed by atoms with Crippen LogP contribution in [0.15, 0.2) is 24.3 Å². The average Bonchev–Trinajstić information content (AvgIpc) is 2.92. The van der Waals surface area contributed by atoms with E-state index < -0.39 is 4.92 Å². The third-order valence-corrected chi connectivity index (χ3v) is 3.42. The number of hydrogen-bond donors (Lipinski definition) is 2. The molecule has 0 spiro atoms. The fourth-order valence-electron chi connectivity index (χ4n) is 2.16. The Hall–Kier alpha value is -1.73. The van der Waals surface area contributed by atoms with E-state index in [-0.39, 0.29) is 17.8 Å². The molecule has 2 rings (SSSR count). The SMILES string of the molecule is CC(NC(=S)Nc1cccc([N+](=O)[O-])c1)C1CCCO1. The van der Waals surface area contributed by atoms with Crippen LogP contribution in [0.1, 0.15) is 19.8 Å². The van der Waals surface area contributed by atoms with Crippen molar-refractivity contribution in [3.05, 3.63) is 34.4 Å². The Kier molecular flexibility index (Phi) is 4.86. The second-order valence-electron chi connectivity index (χ2n) is 4.75. The highest BCUT2D eigenvalue weighted by Crippen LogP contribution is 2.18. The number of nitro benzene ring substituents is 1. The van der Waals surface area contributed by atoms with Crippen LogP contribution in [-0.4, -0.2) is 28.8 Å². The summed E-state index contributed by atoms with van der Waals surface area (Å²) in [4.78, 5) is 10.3.